The molecule has 1 heterocycles. The molecule has 1 N–H and O–H groups in total. The Bertz CT molecular complexity index is 411. The molecule has 0 radical (unpaired) electrons. The Morgan fingerprint density at radius 2 is 2.07 bits per heavy atom. The molecule has 3 heteroatoms. The summed E-state index contributed by atoms with van der Waals surface area (Å²) in [5.74, 6) is 0.666. The van der Waals surface area contributed by atoms with E-state index in [2.05, 4.69) is 10.3 Å². The molecule has 0 saturated heterocycles. The first kappa shape index (κ1) is 8.81. The van der Waals surface area contributed by atoms with Crippen molar-refractivity contribution in [3.05, 3.63) is 30.5 Å². The van der Waals surface area contributed by atoms with Gasteiger partial charge < -0.3 is 10.1 Å². The van der Waals surface area contributed by atoms with Crippen molar-refractivity contribution in [1.29, 1.82) is 0 Å². The average Bonchev–Trinajstić information content (AvgIpc) is 2.27. The lowest BCUT2D eigenvalue weighted by molar-refractivity contribution is 0.403. The van der Waals surface area contributed by atoms with E-state index in [1.807, 2.05) is 31.3 Å². The average molecular weight is 188 g/mol. The summed E-state index contributed by atoms with van der Waals surface area (Å²) in [4.78, 5) is 4.15. The molecule has 1 aromatic carbocycles. The fraction of sp³-hybridized carbons (Fsp3) is 0.182. The highest BCUT2D eigenvalue weighted by Gasteiger charge is 2.04. The molecule has 0 aliphatic carbocycles. The predicted octanol–water partition coefficient (Wildman–Crippen LogP) is 2.29. The fourth-order valence-corrected chi connectivity index (χ4v) is 1.56. The maximum atomic E-state index is 5.19. The lowest BCUT2D eigenvalue weighted by Gasteiger charge is -2.07. The molecule has 3 nitrogen and oxygen atoms in total. The van der Waals surface area contributed by atoms with Gasteiger partial charge in [-0.1, -0.05) is 6.07 Å². The molecule has 2 aromatic rings. The van der Waals surface area contributed by atoms with E-state index in [0.29, 0.717) is 5.88 Å². The highest BCUT2D eigenvalue weighted by Crippen LogP contribution is 2.28. The number of methoxy groups -OCH3 is 1. The van der Waals surface area contributed by atoms with Gasteiger partial charge in [-0.3, -0.25) is 0 Å². The van der Waals surface area contributed by atoms with Crippen LogP contribution < -0.4 is 10.1 Å². The monoisotopic (exact) mass is 188 g/mol. The van der Waals surface area contributed by atoms with E-state index in [-0.39, 0.29) is 0 Å². The van der Waals surface area contributed by atoms with Crippen molar-refractivity contribution in [1.82, 2.24) is 4.98 Å². The summed E-state index contributed by atoms with van der Waals surface area (Å²) >= 11 is 0. The van der Waals surface area contributed by atoms with Crippen molar-refractivity contribution in [2.45, 2.75) is 0 Å². The molecular weight excluding hydrogens is 176 g/mol. The minimum absolute atomic E-state index is 0.666. The number of anilines is 1. The third-order valence-corrected chi connectivity index (χ3v) is 2.23. The van der Waals surface area contributed by atoms with Crippen molar-refractivity contribution in [2.75, 3.05) is 19.5 Å². The van der Waals surface area contributed by atoms with Gasteiger partial charge in [-0.05, 0) is 18.2 Å². The Hall–Kier alpha value is -1.77. The fourth-order valence-electron chi connectivity index (χ4n) is 1.56. The topological polar surface area (TPSA) is 34.1 Å². The molecule has 2 rings (SSSR count). The number of fused-ring (bicyclic) bond motifs is 1. The van der Waals surface area contributed by atoms with Gasteiger partial charge >= 0.3 is 0 Å². The van der Waals surface area contributed by atoms with Gasteiger partial charge in [0, 0.05) is 29.7 Å². The number of nitrogens with zero attached hydrogens (tertiary/aromatic N) is 1. The summed E-state index contributed by atoms with van der Waals surface area (Å²) in [5.41, 5.74) is 1.09. The van der Waals surface area contributed by atoms with Crippen LogP contribution in [-0.2, 0) is 0 Å². The Balaban J connectivity index is 2.77. The van der Waals surface area contributed by atoms with Gasteiger partial charge in [0.15, 0.2) is 0 Å². The number of ether oxygens (including phenoxy) is 1. The van der Waals surface area contributed by atoms with Crippen LogP contribution in [0.5, 0.6) is 5.88 Å². The van der Waals surface area contributed by atoms with Crippen molar-refractivity contribution >= 4 is 16.5 Å². The molecule has 0 atom stereocenters. The van der Waals surface area contributed by atoms with Crippen LogP contribution in [0.4, 0.5) is 5.69 Å². The van der Waals surface area contributed by atoms with E-state index in [0.717, 1.165) is 16.5 Å². The maximum absolute atomic E-state index is 5.19. The van der Waals surface area contributed by atoms with Crippen molar-refractivity contribution in [3.8, 4) is 5.88 Å². The number of pyridine rings is 1. The van der Waals surface area contributed by atoms with Crippen molar-refractivity contribution in [3.63, 3.8) is 0 Å². The van der Waals surface area contributed by atoms with Gasteiger partial charge in [-0.25, -0.2) is 4.98 Å². The van der Waals surface area contributed by atoms with E-state index in [4.69, 9.17) is 4.74 Å². The molecule has 0 spiro atoms. The Morgan fingerprint density at radius 3 is 2.79 bits per heavy atom. The van der Waals surface area contributed by atoms with Crippen LogP contribution in [0.25, 0.3) is 10.8 Å². The third kappa shape index (κ3) is 1.27. The first-order valence-electron chi connectivity index (χ1n) is 4.46. The molecule has 0 amide bonds. The zero-order valence-corrected chi connectivity index (χ0v) is 8.24. The minimum atomic E-state index is 0.666. The van der Waals surface area contributed by atoms with Crippen LogP contribution in [0.1, 0.15) is 0 Å². The smallest absolute Gasteiger partial charge is 0.221 e. The summed E-state index contributed by atoms with van der Waals surface area (Å²) in [7, 11) is 3.54. The number of rotatable bonds is 2. The Labute approximate surface area is 82.7 Å². The third-order valence-electron chi connectivity index (χ3n) is 2.23. The normalized spacial score (nSPS) is 10.1. The zero-order valence-electron chi connectivity index (χ0n) is 8.24. The lowest BCUT2D eigenvalue weighted by Crippen LogP contribution is -1.92. The molecule has 72 valence electrons. The molecular formula is C11H12N2O. The summed E-state index contributed by atoms with van der Waals surface area (Å²) < 4.78 is 5.19. The molecule has 0 unspecified atom stereocenters. The first-order valence-corrected chi connectivity index (χ1v) is 4.46. The molecule has 14 heavy (non-hydrogen) atoms. The second-order valence-electron chi connectivity index (χ2n) is 2.97. The lowest BCUT2D eigenvalue weighted by atomic mass is 10.1. The largest absolute Gasteiger partial charge is 0.481 e. The van der Waals surface area contributed by atoms with Gasteiger partial charge in [0.05, 0.1) is 7.11 Å². The summed E-state index contributed by atoms with van der Waals surface area (Å²) in [6, 6.07) is 7.99. The molecule has 0 bridgehead atoms. The number of benzene rings is 1. The minimum Gasteiger partial charge on any atom is -0.481 e. The zero-order chi connectivity index (χ0) is 9.97. The maximum Gasteiger partial charge on any atom is 0.221 e. The standard InChI is InChI=1S/C11H12N2O/c1-12-10-5-3-4-9-8(10)6-7-13-11(9)14-2/h3-7,12H,1-2H3. The van der Waals surface area contributed by atoms with Crippen LogP contribution in [0.15, 0.2) is 30.5 Å². The molecule has 1 aromatic heterocycles. The Kier molecular flexibility index (Phi) is 2.23. The Morgan fingerprint density at radius 1 is 1.21 bits per heavy atom. The SMILES string of the molecule is CNc1cccc2c(OC)nccc12. The number of aromatic nitrogens is 1. The molecule has 0 saturated carbocycles. The number of hydrogen-bond acceptors (Lipinski definition) is 3. The van der Waals surface area contributed by atoms with E-state index >= 15 is 0 Å². The van der Waals surface area contributed by atoms with Crippen LogP contribution in [0.2, 0.25) is 0 Å². The molecule has 0 aliphatic rings. The highest BCUT2D eigenvalue weighted by atomic mass is 16.5. The molecule has 0 fully saturated rings. The first-order chi connectivity index (χ1) is 6.86. The summed E-state index contributed by atoms with van der Waals surface area (Å²) in [6.07, 6.45) is 1.75. The number of hydrogen-bond donors (Lipinski definition) is 1. The van der Waals surface area contributed by atoms with Crippen molar-refractivity contribution in [2.24, 2.45) is 0 Å². The van der Waals surface area contributed by atoms with Gasteiger partial charge in [0.1, 0.15) is 0 Å². The quantitative estimate of drug-likeness (QED) is 0.785. The van der Waals surface area contributed by atoms with Crippen LogP contribution in [0, 0.1) is 0 Å². The van der Waals surface area contributed by atoms with E-state index in [9.17, 15) is 0 Å². The van der Waals surface area contributed by atoms with E-state index in [1.165, 1.54) is 0 Å². The van der Waals surface area contributed by atoms with Crippen molar-refractivity contribution < 1.29 is 4.74 Å². The van der Waals surface area contributed by atoms with Gasteiger partial charge in [0.25, 0.3) is 0 Å². The number of nitrogens with one attached hydrogen (secondary N) is 1. The van der Waals surface area contributed by atoms with Gasteiger partial charge in [-0.15, -0.1) is 0 Å². The highest BCUT2D eigenvalue weighted by molar-refractivity contribution is 5.96. The summed E-state index contributed by atoms with van der Waals surface area (Å²) in [6.45, 7) is 0. The predicted molar refractivity (Wildman–Crippen MR) is 57.8 cm³/mol. The van der Waals surface area contributed by atoms with E-state index < -0.39 is 0 Å². The van der Waals surface area contributed by atoms with Gasteiger partial charge in [0.2, 0.25) is 5.88 Å². The van der Waals surface area contributed by atoms with Gasteiger partial charge in [-0.2, -0.15) is 0 Å². The second kappa shape index (κ2) is 3.54. The molecule has 0 aliphatic heterocycles. The van der Waals surface area contributed by atoms with Crippen LogP contribution >= 0.6 is 0 Å². The second-order valence-corrected chi connectivity index (χ2v) is 2.97. The summed E-state index contributed by atoms with van der Waals surface area (Å²) in [5, 5.41) is 5.29. The van der Waals surface area contributed by atoms with E-state index in [1.54, 1.807) is 13.3 Å². The van der Waals surface area contributed by atoms with Crippen LogP contribution in [-0.4, -0.2) is 19.1 Å². The van der Waals surface area contributed by atoms with Crippen LogP contribution in [0.3, 0.4) is 0 Å².